The van der Waals surface area contributed by atoms with Crippen molar-refractivity contribution in [3.8, 4) is 0 Å². The van der Waals surface area contributed by atoms with E-state index in [1.165, 1.54) is 0 Å². The standard InChI is InChI=1S/C23H23N3O3/c1-16-12-18(25-29-16)15-24-21(27)14-23(13-17-8-4-3-5-9-17)19-10-6-7-11-20(19)26(2)22(23)28/h3-12H,13-15H2,1-2H3,(H,24,27)/t23-/m0/s1. The van der Waals surface area contributed by atoms with Crippen LogP contribution in [0, 0.1) is 6.92 Å². The summed E-state index contributed by atoms with van der Waals surface area (Å²) in [6.07, 6.45) is 0.531. The molecular weight excluding hydrogens is 366 g/mol. The van der Waals surface area contributed by atoms with Crippen molar-refractivity contribution in [2.45, 2.75) is 31.7 Å². The van der Waals surface area contributed by atoms with Gasteiger partial charge >= 0.3 is 0 Å². The van der Waals surface area contributed by atoms with Gasteiger partial charge in [0.25, 0.3) is 0 Å². The number of benzene rings is 2. The van der Waals surface area contributed by atoms with Gasteiger partial charge in [-0.3, -0.25) is 9.59 Å². The Morgan fingerprint density at radius 3 is 2.59 bits per heavy atom. The van der Waals surface area contributed by atoms with E-state index in [0.717, 1.165) is 16.8 Å². The zero-order valence-electron chi connectivity index (χ0n) is 16.5. The maximum atomic E-state index is 13.4. The van der Waals surface area contributed by atoms with Crippen LogP contribution in [0.4, 0.5) is 5.69 Å². The van der Waals surface area contributed by atoms with Gasteiger partial charge in [-0.05, 0) is 30.5 Å². The van der Waals surface area contributed by atoms with Crippen molar-refractivity contribution in [3.05, 3.63) is 83.2 Å². The molecule has 0 unspecified atom stereocenters. The summed E-state index contributed by atoms with van der Waals surface area (Å²) in [5.74, 6) is 0.436. The molecule has 6 heteroatoms. The number of para-hydroxylation sites is 1. The summed E-state index contributed by atoms with van der Waals surface area (Å²) in [7, 11) is 1.77. The number of nitrogens with zero attached hydrogens (tertiary/aromatic N) is 2. The Balaban J connectivity index is 1.64. The minimum atomic E-state index is -0.934. The summed E-state index contributed by atoms with van der Waals surface area (Å²) in [6, 6.07) is 19.3. The third kappa shape index (κ3) is 3.53. The van der Waals surface area contributed by atoms with E-state index in [1.54, 1.807) is 24.9 Å². The number of amides is 2. The van der Waals surface area contributed by atoms with E-state index >= 15 is 0 Å². The monoisotopic (exact) mass is 389 g/mol. The summed E-state index contributed by atoms with van der Waals surface area (Å²) < 4.78 is 5.04. The Bertz CT molecular complexity index is 1040. The van der Waals surface area contributed by atoms with Crippen LogP contribution in [0.25, 0.3) is 0 Å². The van der Waals surface area contributed by atoms with E-state index in [2.05, 4.69) is 10.5 Å². The van der Waals surface area contributed by atoms with Gasteiger partial charge in [0.2, 0.25) is 11.8 Å². The molecule has 1 aliphatic heterocycles. The molecular formula is C23H23N3O3. The average molecular weight is 389 g/mol. The van der Waals surface area contributed by atoms with E-state index < -0.39 is 5.41 Å². The molecule has 0 fully saturated rings. The van der Waals surface area contributed by atoms with E-state index in [4.69, 9.17) is 4.52 Å². The summed E-state index contributed by atoms with van der Waals surface area (Å²) >= 11 is 0. The van der Waals surface area contributed by atoms with Gasteiger partial charge < -0.3 is 14.7 Å². The first-order valence-corrected chi connectivity index (χ1v) is 9.60. The molecule has 1 aliphatic rings. The number of aromatic nitrogens is 1. The Morgan fingerprint density at radius 1 is 1.14 bits per heavy atom. The molecule has 29 heavy (non-hydrogen) atoms. The van der Waals surface area contributed by atoms with Crippen LogP contribution in [0.1, 0.15) is 29.0 Å². The van der Waals surface area contributed by atoms with Crippen molar-refractivity contribution in [1.82, 2.24) is 10.5 Å². The number of likely N-dealkylation sites (N-methyl/N-ethyl adjacent to an activating group) is 1. The maximum absolute atomic E-state index is 13.4. The second-order valence-electron chi connectivity index (χ2n) is 7.51. The largest absolute Gasteiger partial charge is 0.361 e. The van der Waals surface area contributed by atoms with Crippen molar-refractivity contribution >= 4 is 17.5 Å². The van der Waals surface area contributed by atoms with Gasteiger partial charge in [-0.1, -0.05) is 53.7 Å². The van der Waals surface area contributed by atoms with Crippen molar-refractivity contribution in [1.29, 1.82) is 0 Å². The molecule has 0 spiro atoms. The lowest BCUT2D eigenvalue weighted by molar-refractivity contribution is -0.129. The first kappa shape index (κ1) is 18.9. The molecule has 1 aromatic heterocycles. The first-order valence-electron chi connectivity index (χ1n) is 9.60. The molecule has 2 heterocycles. The van der Waals surface area contributed by atoms with Crippen LogP contribution in [0.5, 0.6) is 0 Å². The summed E-state index contributed by atoms with van der Waals surface area (Å²) in [6.45, 7) is 2.07. The third-order valence-corrected chi connectivity index (χ3v) is 5.45. The Kier molecular flexibility index (Phi) is 4.92. The van der Waals surface area contributed by atoms with E-state index in [0.29, 0.717) is 17.9 Å². The highest BCUT2D eigenvalue weighted by atomic mass is 16.5. The predicted octanol–water partition coefficient (Wildman–Crippen LogP) is 3.15. The molecule has 0 aliphatic carbocycles. The average Bonchev–Trinajstić information content (AvgIpc) is 3.23. The van der Waals surface area contributed by atoms with Crippen LogP contribution in [-0.2, 0) is 28.0 Å². The Labute approximate surface area is 169 Å². The highest BCUT2D eigenvalue weighted by molar-refractivity contribution is 6.09. The summed E-state index contributed by atoms with van der Waals surface area (Å²) in [4.78, 5) is 28.0. The van der Waals surface area contributed by atoms with Gasteiger partial charge in [0.1, 0.15) is 11.5 Å². The second kappa shape index (κ2) is 7.54. The van der Waals surface area contributed by atoms with Gasteiger partial charge in [0.05, 0.1) is 12.0 Å². The highest BCUT2D eigenvalue weighted by Gasteiger charge is 2.50. The fourth-order valence-electron chi connectivity index (χ4n) is 4.09. The van der Waals surface area contributed by atoms with Gasteiger partial charge in [-0.2, -0.15) is 0 Å². The van der Waals surface area contributed by atoms with E-state index in [1.807, 2.05) is 54.6 Å². The molecule has 1 atom stereocenters. The lowest BCUT2D eigenvalue weighted by Gasteiger charge is -2.28. The Hall–Kier alpha value is -3.41. The summed E-state index contributed by atoms with van der Waals surface area (Å²) in [5, 5.41) is 6.79. The second-order valence-corrected chi connectivity index (χ2v) is 7.51. The number of hydrogen-bond acceptors (Lipinski definition) is 4. The molecule has 0 saturated heterocycles. The van der Waals surface area contributed by atoms with Crippen LogP contribution in [0.15, 0.2) is 65.2 Å². The van der Waals surface area contributed by atoms with E-state index in [9.17, 15) is 9.59 Å². The van der Waals surface area contributed by atoms with Gasteiger partial charge in [-0.15, -0.1) is 0 Å². The van der Waals surface area contributed by atoms with E-state index in [-0.39, 0.29) is 24.8 Å². The van der Waals surface area contributed by atoms with Crippen LogP contribution >= 0.6 is 0 Å². The zero-order valence-corrected chi connectivity index (χ0v) is 16.5. The minimum absolute atomic E-state index is 0.0602. The van der Waals surface area contributed by atoms with Gasteiger partial charge in [-0.25, -0.2) is 0 Å². The normalized spacial score (nSPS) is 18.0. The fraction of sp³-hybridized carbons (Fsp3) is 0.261. The predicted molar refractivity (Wildman–Crippen MR) is 109 cm³/mol. The molecule has 6 nitrogen and oxygen atoms in total. The number of hydrogen-bond donors (Lipinski definition) is 1. The topological polar surface area (TPSA) is 75.4 Å². The van der Waals surface area contributed by atoms with Crippen molar-refractivity contribution in [2.75, 3.05) is 11.9 Å². The maximum Gasteiger partial charge on any atom is 0.238 e. The van der Waals surface area contributed by atoms with Crippen molar-refractivity contribution < 1.29 is 14.1 Å². The third-order valence-electron chi connectivity index (χ3n) is 5.45. The van der Waals surface area contributed by atoms with Crippen LogP contribution in [0.3, 0.4) is 0 Å². The number of rotatable bonds is 6. The first-order chi connectivity index (χ1) is 14.0. The number of fused-ring (bicyclic) bond motifs is 1. The molecule has 4 rings (SSSR count). The van der Waals surface area contributed by atoms with Crippen LogP contribution in [-0.4, -0.2) is 24.0 Å². The fourth-order valence-corrected chi connectivity index (χ4v) is 4.09. The van der Waals surface area contributed by atoms with Gasteiger partial charge in [0, 0.05) is 25.2 Å². The molecule has 148 valence electrons. The van der Waals surface area contributed by atoms with Crippen LogP contribution in [0.2, 0.25) is 0 Å². The number of anilines is 1. The highest BCUT2D eigenvalue weighted by Crippen LogP contribution is 2.45. The number of aryl methyl sites for hydroxylation is 1. The minimum Gasteiger partial charge on any atom is -0.361 e. The molecule has 0 radical (unpaired) electrons. The lowest BCUT2D eigenvalue weighted by Crippen LogP contribution is -2.44. The molecule has 2 aromatic carbocycles. The number of carbonyl (C=O) groups excluding carboxylic acids is 2. The Morgan fingerprint density at radius 2 is 1.86 bits per heavy atom. The molecule has 2 amide bonds. The molecule has 3 aromatic rings. The van der Waals surface area contributed by atoms with Crippen molar-refractivity contribution in [3.63, 3.8) is 0 Å². The smallest absolute Gasteiger partial charge is 0.238 e. The molecule has 0 saturated carbocycles. The van der Waals surface area contributed by atoms with Gasteiger partial charge in [0.15, 0.2) is 0 Å². The SMILES string of the molecule is Cc1cc(CNC(=O)C[C@]2(Cc3ccccc3)C(=O)N(C)c3ccccc32)no1. The number of carbonyl (C=O) groups is 2. The van der Waals surface area contributed by atoms with Crippen molar-refractivity contribution in [2.24, 2.45) is 0 Å². The lowest BCUT2D eigenvalue weighted by atomic mass is 9.73. The number of nitrogens with one attached hydrogen (secondary N) is 1. The quantitative estimate of drug-likeness (QED) is 0.703. The molecule has 1 N–H and O–H groups in total. The zero-order chi connectivity index (χ0) is 20.4. The van der Waals surface area contributed by atoms with Crippen LogP contribution < -0.4 is 10.2 Å². The summed E-state index contributed by atoms with van der Waals surface area (Å²) in [5.41, 5.74) is 2.49. The molecule has 0 bridgehead atoms.